The average Bonchev–Trinajstić information content (AvgIpc) is 2.90. The predicted octanol–water partition coefficient (Wildman–Crippen LogP) is 1.96. The molecule has 4 nitrogen and oxygen atoms in total. The molecule has 2 N–H and O–H groups in total. The van der Waals surface area contributed by atoms with Crippen molar-refractivity contribution in [1.82, 2.24) is 0 Å². The van der Waals surface area contributed by atoms with Crippen molar-refractivity contribution in [1.29, 1.82) is 0 Å². The first-order chi connectivity index (χ1) is 10.1. The van der Waals surface area contributed by atoms with E-state index in [1.165, 1.54) is 6.07 Å². The molecular weight excluding hydrogens is 271 g/mol. The highest BCUT2D eigenvalue weighted by Gasteiger charge is 2.35. The molecule has 5 heteroatoms. The fourth-order valence-electron chi connectivity index (χ4n) is 2.88. The summed E-state index contributed by atoms with van der Waals surface area (Å²) >= 11 is 0. The number of nitrogens with zero attached hydrogens (tertiary/aromatic N) is 1. The Bertz CT molecular complexity index is 458. The number of rotatable bonds is 6. The number of hydrogen-bond donors (Lipinski definition) is 1. The first-order valence-corrected chi connectivity index (χ1v) is 7.44. The third-order valence-corrected chi connectivity index (χ3v) is 4.21. The van der Waals surface area contributed by atoms with Gasteiger partial charge in [0.2, 0.25) is 0 Å². The minimum Gasteiger partial charge on any atom is -0.377 e. The van der Waals surface area contributed by atoms with Crippen molar-refractivity contribution in [3.05, 3.63) is 29.6 Å². The first kappa shape index (κ1) is 16.2. The zero-order valence-corrected chi connectivity index (χ0v) is 13.0. The van der Waals surface area contributed by atoms with Crippen LogP contribution in [0.25, 0.3) is 0 Å². The fourth-order valence-corrected chi connectivity index (χ4v) is 2.88. The topological polar surface area (TPSA) is 47.7 Å². The maximum Gasteiger partial charge on any atom is 0.146 e. The van der Waals surface area contributed by atoms with E-state index in [0.717, 1.165) is 12.0 Å². The summed E-state index contributed by atoms with van der Waals surface area (Å²) < 4.78 is 25.2. The number of anilines is 1. The molecule has 1 aliphatic heterocycles. The molecule has 1 saturated heterocycles. The van der Waals surface area contributed by atoms with Gasteiger partial charge in [-0.1, -0.05) is 19.1 Å². The van der Waals surface area contributed by atoms with Crippen LogP contribution in [0.1, 0.15) is 18.9 Å². The number of nitrogens with two attached hydrogens (primary N) is 1. The van der Waals surface area contributed by atoms with Crippen molar-refractivity contribution in [2.24, 2.45) is 5.73 Å². The van der Waals surface area contributed by atoms with Crippen molar-refractivity contribution in [2.45, 2.75) is 38.0 Å². The van der Waals surface area contributed by atoms with E-state index in [1.54, 1.807) is 20.3 Å². The van der Waals surface area contributed by atoms with Crippen LogP contribution in [0.4, 0.5) is 10.1 Å². The molecule has 0 aromatic heterocycles. The van der Waals surface area contributed by atoms with Gasteiger partial charge in [-0.2, -0.15) is 0 Å². The highest BCUT2D eigenvalue weighted by atomic mass is 19.1. The van der Waals surface area contributed by atoms with Crippen molar-refractivity contribution in [2.75, 3.05) is 32.2 Å². The Kier molecular flexibility index (Phi) is 5.56. The Morgan fingerprint density at radius 3 is 2.43 bits per heavy atom. The quantitative estimate of drug-likeness (QED) is 0.872. The summed E-state index contributed by atoms with van der Waals surface area (Å²) in [6, 6.07) is 5.24. The predicted molar refractivity (Wildman–Crippen MR) is 82.2 cm³/mol. The molecule has 0 bridgehead atoms. The highest BCUT2D eigenvalue weighted by Crippen LogP contribution is 2.30. The van der Waals surface area contributed by atoms with Gasteiger partial charge in [0, 0.05) is 33.4 Å². The van der Waals surface area contributed by atoms with Gasteiger partial charge < -0.3 is 20.1 Å². The summed E-state index contributed by atoms with van der Waals surface area (Å²) in [5, 5.41) is 0. The summed E-state index contributed by atoms with van der Waals surface area (Å²) in [6.45, 7) is 3.30. The van der Waals surface area contributed by atoms with Gasteiger partial charge in [0.25, 0.3) is 0 Å². The van der Waals surface area contributed by atoms with Gasteiger partial charge in [-0.25, -0.2) is 4.39 Å². The highest BCUT2D eigenvalue weighted by molar-refractivity contribution is 5.56. The lowest BCUT2D eigenvalue weighted by Gasteiger charge is -2.23. The molecule has 21 heavy (non-hydrogen) atoms. The van der Waals surface area contributed by atoms with Crippen LogP contribution in [0, 0.1) is 5.82 Å². The second-order valence-corrected chi connectivity index (χ2v) is 5.57. The summed E-state index contributed by atoms with van der Waals surface area (Å²) in [7, 11) is 3.32. The summed E-state index contributed by atoms with van der Waals surface area (Å²) in [6.07, 6.45) is 1.47. The van der Waals surface area contributed by atoms with E-state index >= 15 is 0 Å². The van der Waals surface area contributed by atoms with Crippen LogP contribution in [0.5, 0.6) is 0 Å². The van der Waals surface area contributed by atoms with Gasteiger partial charge >= 0.3 is 0 Å². The molecule has 118 valence electrons. The smallest absolute Gasteiger partial charge is 0.146 e. The second-order valence-electron chi connectivity index (χ2n) is 5.57. The molecule has 3 atom stereocenters. The zero-order chi connectivity index (χ0) is 15.4. The minimum absolute atomic E-state index is 0.0395. The maximum absolute atomic E-state index is 14.4. The van der Waals surface area contributed by atoms with Gasteiger partial charge in [0.05, 0.1) is 5.69 Å². The number of halogens is 1. The summed E-state index contributed by atoms with van der Waals surface area (Å²) in [5.41, 5.74) is 7.64. The molecule has 1 heterocycles. The van der Waals surface area contributed by atoms with E-state index in [4.69, 9.17) is 15.2 Å². The average molecular weight is 296 g/mol. The first-order valence-electron chi connectivity index (χ1n) is 7.44. The molecule has 0 saturated carbocycles. The Morgan fingerprint density at radius 1 is 1.29 bits per heavy atom. The zero-order valence-electron chi connectivity index (χ0n) is 13.0. The van der Waals surface area contributed by atoms with Crippen LogP contribution >= 0.6 is 0 Å². The van der Waals surface area contributed by atoms with Crippen LogP contribution < -0.4 is 10.6 Å². The Balaban J connectivity index is 2.26. The number of ether oxygens (including phenoxy) is 2. The van der Waals surface area contributed by atoms with Crippen molar-refractivity contribution in [3.8, 4) is 0 Å². The molecule has 1 aromatic rings. The van der Waals surface area contributed by atoms with Crippen LogP contribution in [-0.2, 0) is 15.9 Å². The van der Waals surface area contributed by atoms with E-state index in [2.05, 4.69) is 0 Å². The Morgan fingerprint density at radius 2 is 1.90 bits per heavy atom. The van der Waals surface area contributed by atoms with Crippen LogP contribution in [0.2, 0.25) is 0 Å². The Labute approximate surface area is 126 Å². The largest absolute Gasteiger partial charge is 0.377 e. The molecule has 1 fully saturated rings. The Hall–Kier alpha value is -1.17. The van der Waals surface area contributed by atoms with Crippen molar-refractivity contribution < 1.29 is 13.9 Å². The maximum atomic E-state index is 14.4. The number of hydrogen-bond acceptors (Lipinski definition) is 4. The normalized spacial score (nSPS) is 23.6. The molecule has 3 unspecified atom stereocenters. The van der Waals surface area contributed by atoms with E-state index in [-0.39, 0.29) is 24.1 Å². The lowest BCUT2D eigenvalue weighted by Crippen LogP contribution is -2.27. The van der Waals surface area contributed by atoms with Gasteiger partial charge in [0.15, 0.2) is 0 Å². The molecular formula is C16H25FN2O2. The van der Waals surface area contributed by atoms with Gasteiger partial charge in [-0.3, -0.25) is 0 Å². The van der Waals surface area contributed by atoms with E-state index < -0.39 is 0 Å². The molecule has 0 amide bonds. The van der Waals surface area contributed by atoms with Gasteiger partial charge in [-0.15, -0.1) is 0 Å². The molecule has 2 rings (SSSR count). The van der Waals surface area contributed by atoms with Crippen molar-refractivity contribution >= 4 is 5.69 Å². The fraction of sp³-hybridized carbons (Fsp3) is 0.625. The van der Waals surface area contributed by atoms with Crippen molar-refractivity contribution in [3.63, 3.8) is 0 Å². The lowest BCUT2D eigenvalue weighted by atomic mass is 10.0. The SMILES string of the molecule is CCC(N)Cc1cccc(F)c1N1CC(OC)C(OC)C1. The van der Waals surface area contributed by atoms with Crippen LogP contribution in [0.15, 0.2) is 18.2 Å². The van der Waals surface area contributed by atoms with Gasteiger partial charge in [0.1, 0.15) is 18.0 Å². The number of methoxy groups -OCH3 is 2. The lowest BCUT2D eigenvalue weighted by molar-refractivity contribution is -0.00461. The molecule has 0 spiro atoms. The summed E-state index contributed by atoms with van der Waals surface area (Å²) in [5.74, 6) is -0.206. The van der Waals surface area contributed by atoms with E-state index in [9.17, 15) is 4.39 Å². The third-order valence-electron chi connectivity index (χ3n) is 4.21. The van der Waals surface area contributed by atoms with E-state index in [0.29, 0.717) is 25.2 Å². The van der Waals surface area contributed by atoms with E-state index in [1.807, 2.05) is 17.9 Å². The van der Waals surface area contributed by atoms with Gasteiger partial charge in [-0.05, 0) is 24.5 Å². The summed E-state index contributed by atoms with van der Waals surface area (Å²) in [4.78, 5) is 2.01. The molecule has 0 radical (unpaired) electrons. The second kappa shape index (κ2) is 7.20. The molecule has 0 aliphatic carbocycles. The monoisotopic (exact) mass is 296 g/mol. The minimum atomic E-state index is -0.206. The number of para-hydroxylation sites is 1. The van der Waals surface area contributed by atoms with Crippen LogP contribution in [0.3, 0.4) is 0 Å². The number of benzene rings is 1. The molecule has 1 aromatic carbocycles. The molecule has 1 aliphatic rings. The third kappa shape index (κ3) is 3.54. The standard InChI is InChI=1S/C16H25FN2O2/c1-4-12(18)8-11-6-5-7-13(17)16(11)19-9-14(20-2)15(10-19)21-3/h5-7,12,14-15H,4,8-10,18H2,1-3H3. The van der Waals surface area contributed by atoms with Crippen LogP contribution in [-0.4, -0.2) is 45.6 Å².